The number of nitrogens with zero attached hydrogens (tertiary/aromatic N) is 4. The molecule has 2 saturated heterocycles. The van der Waals surface area contributed by atoms with Crippen molar-refractivity contribution in [2.45, 2.75) is 25.5 Å². The van der Waals surface area contributed by atoms with Gasteiger partial charge in [0.2, 0.25) is 5.91 Å². The summed E-state index contributed by atoms with van der Waals surface area (Å²) in [6.45, 7) is 8.34. The van der Waals surface area contributed by atoms with Gasteiger partial charge in [-0.25, -0.2) is 0 Å². The summed E-state index contributed by atoms with van der Waals surface area (Å²) in [5, 5.41) is 0.660. The monoisotopic (exact) mass is 472 g/mol. The zero-order valence-corrected chi connectivity index (χ0v) is 20.3. The first-order chi connectivity index (χ1) is 15.9. The van der Waals surface area contributed by atoms with E-state index in [4.69, 9.17) is 21.1 Å². The van der Waals surface area contributed by atoms with Crippen LogP contribution in [0.25, 0.3) is 0 Å². The third kappa shape index (κ3) is 6.44. The fourth-order valence-corrected chi connectivity index (χ4v) is 4.51. The van der Waals surface area contributed by atoms with E-state index >= 15 is 0 Å². The van der Waals surface area contributed by atoms with Crippen LogP contribution in [0.4, 0.5) is 0 Å². The molecule has 0 aliphatic carbocycles. The number of rotatable bonds is 7. The van der Waals surface area contributed by atoms with Gasteiger partial charge in [-0.15, -0.1) is 0 Å². The molecule has 2 aromatic rings. The second-order valence-electron chi connectivity index (χ2n) is 9.11. The Bertz CT molecular complexity index is 934. The van der Waals surface area contributed by atoms with Crippen molar-refractivity contribution < 1.29 is 14.3 Å². The van der Waals surface area contributed by atoms with Gasteiger partial charge in [-0.2, -0.15) is 0 Å². The number of carbonyl (C=O) groups excluding carboxylic acids is 1. The quantitative estimate of drug-likeness (QED) is 0.617. The minimum Gasteiger partial charge on any atom is -0.491 e. The average molecular weight is 473 g/mol. The lowest BCUT2D eigenvalue weighted by Gasteiger charge is -2.43. The number of morpholine rings is 1. The van der Waals surface area contributed by atoms with Crippen LogP contribution in [0, 0.1) is 6.92 Å². The first-order valence-corrected chi connectivity index (χ1v) is 11.9. The Morgan fingerprint density at radius 3 is 2.64 bits per heavy atom. The van der Waals surface area contributed by atoms with Crippen LogP contribution in [0.3, 0.4) is 0 Å². The lowest BCUT2D eigenvalue weighted by molar-refractivity contribution is -0.158. The summed E-state index contributed by atoms with van der Waals surface area (Å²) in [5.74, 6) is 0.839. The van der Waals surface area contributed by atoms with E-state index in [0.29, 0.717) is 37.0 Å². The number of aryl methyl sites for hydroxylation is 1. The highest BCUT2D eigenvalue weighted by molar-refractivity contribution is 6.30. The van der Waals surface area contributed by atoms with Gasteiger partial charge < -0.3 is 19.3 Å². The van der Waals surface area contributed by atoms with E-state index in [1.54, 1.807) is 12.1 Å². The summed E-state index contributed by atoms with van der Waals surface area (Å²) in [7, 11) is 2.09. The molecule has 3 heterocycles. The number of benzene rings is 1. The molecule has 4 rings (SSSR count). The SMILES string of the molecule is Cc1cccnc1CN1CCOC(COc2ccc(Cl)cc2)(CC(=O)N2CCN(C)CC2)C1. The largest absolute Gasteiger partial charge is 0.491 e. The Kier molecular flexibility index (Phi) is 7.86. The van der Waals surface area contributed by atoms with Gasteiger partial charge in [-0.1, -0.05) is 17.7 Å². The Morgan fingerprint density at radius 2 is 1.91 bits per heavy atom. The Morgan fingerprint density at radius 1 is 1.15 bits per heavy atom. The fraction of sp³-hybridized carbons (Fsp3) is 0.520. The number of ether oxygens (including phenoxy) is 2. The number of aromatic nitrogens is 1. The zero-order valence-electron chi connectivity index (χ0n) is 19.5. The summed E-state index contributed by atoms with van der Waals surface area (Å²) in [4.78, 5) is 24.4. The second kappa shape index (κ2) is 10.8. The van der Waals surface area contributed by atoms with E-state index in [-0.39, 0.29) is 5.91 Å². The van der Waals surface area contributed by atoms with Crippen molar-refractivity contribution in [2.24, 2.45) is 0 Å². The molecule has 1 aromatic carbocycles. The number of likely N-dealkylation sites (N-methyl/N-ethyl adjacent to an activating group) is 1. The third-order valence-corrected chi connectivity index (χ3v) is 6.72. The molecule has 1 amide bonds. The molecule has 2 aliphatic rings. The predicted octanol–water partition coefficient (Wildman–Crippen LogP) is 2.86. The Labute approximate surface area is 201 Å². The summed E-state index contributed by atoms with van der Waals surface area (Å²) in [6, 6.07) is 11.3. The summed E-state index contributed by atoms with van der Waals surface area (Å²) < 4.78 is 12.4. The number of carbonyl (C=O) groups is 1. The highest BCUT2D eigenvalue weighted by Gasteiger charge is 2.41. The summed E-state index contributed by atoms with van der Waals surface area (Å²) in [6.07, 6.45) is 2.12. The van der Waals surface area contributed by atoms with Gasteiger partial charge in [-0.05, 0) is 49.9 Å². The number of halogens is 1. The van der Waals surface area contributed by atoms with Crippen LogP contribution in [-0.4, -0.2) is 90.7 Å². The molecular weight excluding hydrogens is 440 g/mol. The first-order valence-electron chi connectivity index (χ1n) is 11.5. The maximum atomic E-state index is 13.3. The molecule has 1 unspecified atom stereocenters. The van der Waals surface area contributed by atoms with Gasteiger partial charge in [0.1, 0.15) is 18.0 Å². The van der Waals surface area contributed by atoms with Crippen molar-refractivity contribution >= 4 is 17.5 Å². The highest BCUT2D eigenvalue weighted by Crippen LogP contribution is 2.27. The van der Waals surface area contributed by atoms with Crippen molar-refractivity contribution in [3.8, 4) is 5.75 Å². The molecule has 2 aliphatic heterocycles. The molecule has 1 aromatic heterocycles. The van der Waals surface area contributed by atoms with Crippen LogP contribution in [-0.2, 0) is 16.1 Å². The van der Waals surface area contributed by atoms with Crippen LogP contribution < -0.4 is 4.74 Å². The molecular formula is C25H33ClN4O3. The van der Waals surface area contributed by atoms with Crippen LogP contribution in [0.15, 0.2) is 42.6 Å². The molecule has 0 radical (unpaired) electrons. The Hall–Kier alpha value is -2.19. The van der Waals surface area contributed by atoms with Gasteiger partial charge >= 0.3 is 0 Å². The molecule has 7 nitrogen and oxygen atoms in total. The van der Waals surface area contributed by atoms with E-state index in [9.17, 15) is 4.79 Å². The number of hydrogen-bond acceptors (Lipinski definition) is 6. The second-order valence-corrected chi connectivity index (χ2v) is 9.55. The van der Waals surface area contributed by atoms with Crippen LogP contribution >= 0.6 is 11.6 Å². The first kappa shape index (κ1) is 24.0. The smallest absolute Gasteiger partial charge is 0.225 e. The average Bonchev–Trinajstić information content (AvgIpc) is 2.81. The molecule has 0 N–H and O–H groups in total. The minimum atomic E-state index is -0.721. The van der Waals surface area contributed by atoms with Gasteiger partial charge in [0.05, 0.1) is 18.7 Å². The van der Waals surface area contributed by atoms with Crippen LogP contribution in [0.5, 0.6) is 5.75 Å². The Balaban J connectivity index is 1.48. The molecule has 0 spiro atoms. The summed E-state index contributed by atoms with van der Waals surface area (Å²) >= 11 is 6.02. The molecule has 1 atom stereocenters. The van der Waals surface area contributed by atoms with Crippen LogP contribution in [0.1, 0.15) is 17.7 Å². The molecule has 0 bridgehead atoms. The fourth-order valence-electron chi connectivity index (χ4n) is 4.39. The van der Waals surface area contributed by atoms with Crippen molar-refractivity contribution in [1.29, 1.82) is 0 Å². The number of amides is 1. The third-order valence-electron chi connectivity index (χ3n) is 6.46. The van der Waals surface area contributed by atoms with Crippen LogP contribution in [0.2, 0.25) is 5.02 Å². The number of hydrogen-bond donors (Lipinski definition) is 0. The molecule has 178 valence electrons. The number of pyridine rings is 1. The maximum Gasteiger partial charge on any atom is 0.225 e. The van der Waals surface area contributed by atoms with Crippen molar-refractivity contribution in [2.75, 3.05) is 59.5 Å². The minimum absolute atomic E-state index is 0.124. The van der Waals surface area contributed by atoms with Gasteiger partial charge in [0.25, 0.3) is 0 Å². The highest BCUT2D eigenvalue weighted by atomic mass is 35.5. The topological polar surface area (TPSA) is 58.1 Å². The molecule has 2 fully saturated rings. The standard InChI is InChI=1S/C25H33ClN4O3/c1-20-4-3-9-27-23(20)17-29-14-15-33-25(18-29,19-32-22-7-5-21(26)6-8-22)16-24(31)30-12-10-28(2)11-13-30/h3-9H,10-19H2,1-2H3. The van der Waals surface area contributed by atoms with E-state index < -0.39 is 5.60 Å². The zero-order chi connectivity index (χ0) is 23.3. The molecule has 33 heavy (non-hydrogen) atoms. The van der Waals surface area contributed by atoms with E-state index in [2.05, 4.69) is 34.8 Å². The van der Waals surface area contributed by atoms with Gasteiger partial charge in [0.15, 0.2) is 0 Å². The molecule has 0 saturated carbocycles. The van der Waals surface area contributed by atoms with Gasteiger partial charge in [-0.3, -0.25) is 14.7 Å². The van der Waals surface area contributed by atoms with Gasteiger partial charge in [0, 0.05) is 57.0 Å². The van der Waals surface area contributed by atoms with Crippen molar-refractivity contribution in [1.82, 2.24) is 19.7 Å². The van der Waals surface area contributed by atoms with E-state index in [1.807, 2.05) is 29.3 Å². The maximum absolute atomic E-state index is 13.3. The predicted molar refractivity (Wildman–Crippen MR) is 129 cm³/mol. The van der Waals surface area contributed by atoms with E-state index in [1.165, 1.54) is 5.56 Å². The number of piperazine rings is 1. The lowest BCUT2D eigenvalue weighted by atomic mass is 9.96. The normalized spacial score (nSPS) is 22.3. The van der Waals surface area contributed by atoms with E-state index in [0.717, 1.165) is 45.0 Å². The lowest BCUT2D eigenvalue weighted by Crippen LogP contribution is -2.58. The van der Waals surface area contributed by atoms with Crippen molar-refractivity contribution in [3.05, 3.63) is 58.9 Å². The molecule has 8 heteroatoms. The summed E-state index contributed by atoms with van der Waals surface area (Å²) in [5.41, 5.74) is 1.50. The van der Waals surface area contributed by atoms with Crippen molar-refractivity contribution in [3.63, 3.8) is 0 Å².